The van der Waals surface area contributed by atoms with Gasteiger partial charge in [-0.1, -0.05) is 11.8 Å². The lowest BCUT2D eigenvalue weighted by atomic mass is 10.0. The van der Waals surface area contributed by atoms with Crippen LogP contribution in [0.2, 0.25) is 0 Å². The molecule has 2 aromatic heterocycles. The van der Waals surface area contributed by atoms with Crippen LogP contribution < -0.4 is 15.4 Å². The summed E-state index contributed by atoms with van der Waals surface area (Å²) >= 11 is 0. The van der Waals surface area contributed by atoms with Crippen LogP contribution in [-0.2, 0) is 6.42 Å². The van der Waals surface area contributed by atoms with Crippen LogP contribution in [0.3, 0.4) is 0 Å². The molecule has 39 heavy (non-hydrogen) atoms. The number of pyridine rings is 1. The molecule has 1 unspecified atom stereocenters. The molecule has 0 aliphatic carbocycles. The Bertz CT molecular complexity index is 1550. The number of aromatic amines is 1. The normalized spacial score (nSPS) is 11.8. The zero-order valence-electron chi connectivity index (χ0n) is 20.6. The molecule has 4 aromatic rings. The van der Waals surface area contributed by atoms with Gasteiger partial charge in [0, 0.05) is 41.5 Å². The fraction of sp³-hybridized carbons (Fsp3) is 0.179. The van der Waals surface area contributed by atoms with E-state index in [2.05, 4.69) is 37.2 Å². The Kier molecular flexibility index (Phi) is 8.17. The zero-order valence-corrected chi connectivity index (χ0v) is 20.6. The first kappa shape index (κ1) is 27.2. The second-order valence-electron chi connectivity index (χ2n) is 8.44. The van der Waals surface area contributed by atoms with Crippen LogP contribution in [0.4, 0.5) is 13.2 Å². The molecule has 8 nitrogen and oxygen atoms in total. The number of rotatable bonds is 7. The molecule has 0 bridgehead atoms. The smallest absolute Gasteiger partial charge is 0.405 e. The minimum atomic E-state index is -5.03. The SMILES string of the molecule is CNC(=O)c1ccc(C#Cc2ccc(OC(F)(F)F)c(C(=O)NC(CO)Cc3c[nH]c4ncccc34)c2)cc1. The molecule has 4 rings (SSSR count). The van der Waals surface area contributed by atoms with E-state index >= 15 is 0 Å². The highest BCUT2D eigenvalue weighted by molar-refractivity contribution is 5.97. The maximum Gasteiger partial charge on any atom is 0.573 e. The van der Waals surface area contributed by atoms with Crippen LogP contribution >= 0.6 is 0 Å². The van der Waals surface area contributed by atoms with E-state index in [0.29, 0.717) is 16.8 Å². The van der Waals surface area contributed by atoms with E-state index in [1.54, 1.807) is 42.7 Å². The average Bonchev–Trinajstić information content (AvgIpc) is 3.33. The quantitative estimate of drug-likeness (QED) is 0.270. The fourth-order valence-electron chi connectivity index (χ4n) is 3.86. The highest BCUT2D eigenvalue weighted by atomic mass is 19.4. The second kappa shape index (κ2) is 11.7. The summed E-state index contributed by atoms with van der Waals surface area (Å²) in [5, 5.41) is 15.8. The van der Waals surface area contributed by atoms with E-state index in [9.17, 15) is 27.9 Å². The van der Waals surface area contributed by atoms with E-state index in [1.165, 1.54) is 19.2 Å². The van der Waals surface area contributed by atoms with Gasteiger partial charge >= 0.3 is 6.36 Å². The number of hydrogen-bond donors (Lipinski definition) is 4. The van der Waals surface area contributed by atoms with Gasteiger partial charge in [-0.25, -0.2) is 4.98 Å². The van der Waals surface area contributed by atoms with Gasteiger partial charge in [-0.2, -0.15) is 0 Å². The van der Waals surface area contributed by atoms with Crippen molar-refractivity contribution in [3.8, 4) is 17.6 Å². The van der Waals surface area contributed by atoms with Crippen molar-refractivity contribution in [1.82, 2.24) is 20.6 Å². The predicted octanol–water partition coefficient (Wildman–Crippen LogP) is 3.55. The van der Waals surface area contributed by atoms with Crippen molar-refractivity contribution >= 4 is 22.8 Å². The van der Waals surface area contributed by atoms with Gasteiger partial charge in [0.25, 0.3) is 11.8 Å². The Hall–Kier alpha value is -4.82. The number of aromatic nitrogens is 2. The topological polar surface area (TPSA) is 116 Å². The molecular weight excluding hydrogens is 513 g/mol. The number of hydrogen-bond acceptors (Lipinski definition) is 5. The molecule has 0 aliphatic heterocycles. The van der Waals surface area contributed by atoms with Crippen molar-refractivity contribution < 1.29 is 32.6 Å². The Morgan fingerprint density at radius 1 is 1.08 bits per heavy atom. The molecule has 0 aliphatic rings. The van der Waals surface area contributed by atoms with Gasteiger partial charge in [0.15, 0.2) is 0 Å². The van der Waals surface area contributed by atoms with Gasteiger partial charge in [-0.15, -0.1) is 13.2 Å². The number of nitrogens with zero attached hydrogens (tertiary/aromatic N) is 1. The van der Waals surface area contributed by atoms with Crippen molar-refractivity contribution in [3.05, 3.63) is 94.8 Å². The maximum absolute atomic E-state index is 13.1. The lowest BCUT2D eigenvalue weighted by Crippen LogP contribution is -2.39. The van der Waals surface area contributed by atoms with Crippen molar-refractivity contribution in [2.75, 3.05) is 13.7 Å². The fourth-order valence-corrected chi connectivity index (χ4v) is 3.86. The van der Waals surface area contributed by atoms with Gasteiger partial charge in [-0.3, -0.25) is 9.59 Å². The minimum absolute atomic E-state index is 0.203. The monoisotopic (exact) mass is 536 g/mol. The van der Waals surface area contributed by atoms with Gasteiger partial charge in [-0.05, 0) is 66.6 Å². The average molecular weight is 537 g/mol. The summed E-state index contributed by atoms with van der Waals surface area (Å²) in [6.07, 6.45) is -1.51. The number of aliphatic hydroxyl groups is 1. The Morgan fingerprint density at radius 2 is 1.79 bits per heavy atom. The Labute approximate surface area is 221 Å². The van der Waals surface area contributed by atoms with Gasteiger partial charge < -0.3 is 25.5 Å². The second-order valence-corrected chi connectivity index (χ2v) is 8.44. The van der Waals surface area contributed by atoms with Crippen molar-refractivity contribution in [2.24, 2.45) is 0 Å². The largest absolute Gasteiger partial charge is 0.573 e. The van der Waals surface area contributed by atoms with Crippen molar-refractivity contribution in [2.45, 2.75) is 18.8 Å². The third kappa shape index (κ3) is 6.94. The molecule has 0 saturated heterocycles. The number of alkyl halides is 3. The highest BCUT2D eigenvalue weighted by Crippen LogP contribution is 2.28. The Balaban J connectivity index is 1.58. The summed E-state index contributed by atoms with van der Waals surface area (Å²) in [5.74, 6) is 3.83. The molecule has 11 heteroatoms. The number of aliphatic hydroxyl groups excluding tert-OH is 1. The molecular formula is C28H23F3N4O4. The maximum atomic E-state index is 13.1. The van der Waals surface area contributed by atoms with Crippen LogP contribution in [0.25, 0.3) is 11.0 Å². The van der Waals surface area contributed by atoms with Gasteiger partial charge in [0.2, 0.25) is 0 Å². The summed E-state index contributed by atoms with van der Waals surface area (Å²) in [4.78, 5) is 32.0. The number of carbonyl (C=O) groups is 2. The lowest BCUT2D eigenvalue weighted by molar-refractivity contribution is -0.274. The van der Waals surface area contributed by atoms with Gasteiger partial charge in [0.1, 0.15) is 11.4 Å². The van der Waals surface area contributed by atoms with E-state index < -0.39 is 36.2 Å². The number of fused-ring (bicyclic) bond motifs is 1. The van der Waals surface area contributed by atoms with Crippen LogP contribution in [0.5, 0.6) is 5.75 Å². The molecule has 0 radical (unpaired) electrons. The van der Waals surface area contributed by atoms with E-state index in [1.807, 2.05) is 6.07 Å². The molecule has 4 N–H and O–H groups in total. The number of ether oxygens (including phenoxy) is 1. The summed E-state index contributed by atoms with van der Waals surface area (Å²) in [6.45, 7) is -0.459. The van der Waals surface area contributed by atoms with Crippen molar-refractivity contribution in [1.29, 1.82) is 0 Å². The number of amides is 2. The number of benzene rings is 2. The van der Waals surface area contributed by atoms with Crippen LogP contribution in [0, 0.1) is 11.8 Å². The third-order valence-corrected chi connectivity index (χ3v) is 5.73. The molecule has 0 spiro atoms. The van der Waals surface area contributed by atoms with Gasteiger partial charge in [0.05, 0.1) is 18.2 Å². The molecule has 2 heterocycles. The first-order chi connectivity index (χ1) is 18.7. The molecule has 1 atom stereocenters. The standard InChI is InChI=1S/C28H23F3N4O4/c1-32-26(37)19-9-6-17(7-10-19)4-5-18-8-11-24(39-28(29,30)31)23(13-18)27(38)35-21(16-36)14-20-15-34-25-22(20)3-2-12-33-25/h2-3,6-13,15,21,36H,14,16H2,1H3,(H,32,37)(H,33,34)(H,35,38). The van der Waals surface area contributed by atoms with E-state index in [4.69, 9.17) is 0 Å². The van der Waals surface area contributed by atoms with Crippen molar-refractivity contribution in [3.63, 3.8) is 0 Å². The Morgan fingerprint density at radius 3 is 2.49 bits per heavy atom. The first-order valence-electron chi connectivity index (χ1n) is 11.7. The number of carbonyl (C=O) groups excluding carboxylic acids is 2. The van der Waals surface area contributed by atoms with E-state index in [-0.39, 0.29) is 17.9 Å². The molecule has 0 saturated carbocycles. The summed E-state index contributed by atoms with van der Waals surface area (Å²) in [7, 11) is 1.51. The third-order valence-electron chi connectivity index (χ3n) is 5.73. The number of H-pyrrole nitrogens is 1. The summed E-state index contributed by atoms with van der Waals surface area (Å²) in [6, 6.07) is 12.7. The lowest BCUT2D eigenvalue weighted by Gasteiger charge is -2.18. The van der Waals surface area contributed by atoms with E-state index in [0.717, 1.165) is 17.0 Å². The van der Waals surface area contributed by atoms with Crippen LogP contribution in [0.1, 0.15) is 37.4 Å². The van der Waals surface area contributed by atoms with Crippen LogP contribution in [0.15, 0.2) is 67.0 Å². The molecule has 0 fully saturated rings. The highest BCUT2D eigenvalue weighted by Gasteiger charge is 2.33. The molecule has 2 aromatic carbocycles. The molecule has 200 valence electrons. The number of nitrogens with one attached hydrogen (secondary N) is 3. The first-order valence-corrected chi connectivity index (χ1v) is 11.7. The molecule has 2 amide bonds. The number of halogens is 3. The predicted molar refractivity (Wildman–Crippen MR) is 137 cm³/mol. The minimum Gasteiger partial charge on any atom is -0.405 e. The summed E-state index contributed by atoms with van der Waals surface area (Å²) in [5.41, 5.74) is 2.26. The summed E-state index contributed by atoms with van der Waals surface area (Å²) < 4.78 is 43.2. The van der Waals surface area contributed by atoms with Crippen LogP contribution in [-0.4, -0.2) is 52.9 Å². The zero-order chi connectivity index (χ0) is 28.0.